The number of fused-ring (bicyclic) bond motifs is 6. The fourth-order valence-corrected chi connectivity index (χ4v) is 7.32. The molecule has 1 aromatic heterocycles. The predicted molar refractivity (Wildman–Crippen MR) is 149 cm³/mol. The van der Waals surface area contributed by atoms with Crippen molar-refractivity contribution in [3.05, 3.63) is 53.2 Å². The first-order chi connectivity index (χ1) is 19.9. The average Bonchev–Trinajstić information content (AvgIpc) is 3.38. The molecule has 218 valence electrons. The van der Waals surface area contributed by atoms with E-state index in [1.807, 2.05) is 6.07 Å². The van der Waals surface area contributed by atoms with Crippen LogP contribution in [0.25, 0.3) is 10.9 Å². The van der Waals surface area contributed by atoms with Gasteiger partial charge in [0.05, 0.1) is 46.0 Å². The highest BCUT2D eigenvalue weighted by atomic mass is 16.6. The molecule has 3 aliphatic rings. The van der Waals surface area contributed by atoms with E-state index in [1.54, 1.807) is 0 Å². The van der Waals surface area contributed by atoms with E-state index in [-0.39, 0.29) is 23.4 Å². The van der Waals surface area contributed by atoms with Gasteiger partial charge in [-0.05, 0) is 54.9 Å². The van der Waals surface area contributed by atoms with Crippen molar-refractivity contribution in [2.45, 2.75) is 37.5 Å². The molecule has 10 nitrogen and oxygen atoms in total. The minimum absolute atomic E-state index is 0.0439. The number of para-hydroxylation sites is 1. The van der Waals surface area contributed by atoms with Gasteiger partial charge in [-0.2, -0.15) is 0 Å². The molecule has 2 N–H and O–H groups in total. The van der Waals surface area contributed by atoms with Gasteiger partial charge in [0.25, 0.3) is 0 Å². The Morgan fingerprint density at radius 1 is 1.00 bits per heavy atom. The average molecular weight is 565 g/mol. The summed E-state index contributed by atoms with van der Waals surface area (Å²) in [5.41, 5.74) is 3.84. The molecule has 2 aromatic carbocycles. The van der Waals surface area contributed by atoms with E-state index >= 15 is 0 Å². The summed E-state index contributed by atoms with van der Waals surface area (Å²) in [5.74, 6) is -1.03. The molecule has 1 aliphatic carbocycles. The number of benzene rings is 2. The van der Waals surface area contributed by atoms with E-state index in [0.29, 0.717) is 30.1 Å². The van der Waals surface area contributed by atoms with Crippen LogP contribution in [0.1, 0.15) is 40.5 Å². The van der Waals surface area contributed by atoms with Gasteiger partial charge in [-0.1, -0.05) is 18.2 Å². The third-order valence-corrected chi connectivity index (χ3v) is 9.22. The fraction of sp³-hybridized carbons (Fsp3) is 0.484. The highest BCUT2D eigenvalue weighted by Gasteiger charge is 2.53. The maximum atomic E-state index is 13.3. The summed E-state index contributed by atoms with van der Waals surface area (Å²) in [6.45, 7) is 1.65. The number of hydrogen-bond donors (Lipinski definition) is 2. The van der Waals surface area contributed by atoms with Crippen LogP contribution in [-0.2, 0) is 20.7 Å². The zero-order valence-corrected chi connectivity index (χ0v) is 23.7. The number of carbonyl (C=O) groups is 2. The van der Waals surface area contributed by atoms with Gasteiger partial charge in [0.15, 0.2) is 11.5 Å². The lowest BCUT2D eigenvalue weighted by Gasteiger charge is -2.52. The van der Waals surface area contributed by atoms with E-state index in [1.165, 1.54) is 57.2 Å². The number of esters is 2. The normalized spacial score (nSPS) is 27.2. The number of aromatic nitrogens is 1. The SMILES string of the molecule is COC(=O)[C@H]1C2C[C@@H]3c4[nH]c5ccccc5c4CCN3C[C@H]2C[C@@H](OC(=O)c2cc(OC)c(OC)c(OC)c2)[C@@H]1O. The van der Waals surface area contributed by atoms with Crippen molar-refractivity contribution < 1.29 is 38.4 Å². The lowest BCUT2D eigenvalue weighted by atomic mass is 9.64. The zero-order valence-electron chi connectivity index (χ0n) is 23.7. The van der Waals surface area contributed by atoms with Crippen molar-refractivity contribution in [3.63, 3.8) is 0 Å². The molecule has 3 heterocycles. The second kappa shape index (κ2) is 10.9. The van der Waals surface area contributed by atoms with Crippen LogP contribution in [0.15, 0.2) is 36.4 Å². The summed E-state index contributed by atoms with van der Waals surface area (Å²) in [7, 11) is 5.75. The van der Waals surface area contributed by atoms with E-state index in [2.05, 4.69) is 28.1 Å². The van der Waals surface area contributed by atoms with Crippen LogP contribution in [0.2, 0.25) is 0 Å². The smallest absolute Gasteiger partial charge is 0.338 e. The molecular formula is C31H36N2O8. The first-order valence-corrected chi connectivity index (χ1v) is 14.0. The molecule has 1 unspecified atom stereocenters. The van der Waals surface area contributed by atoms with Gasteiger partial charge in [0, 0.05) is 29.7 Å². The Kier molecular flexibility index (Phi) is 7.29. The highest BCUT2D eigenvalue weighted by molar-refractivity contribution is 5.91. The maximum Gasteiger partial charge on any atom is 0.338 e. The molecule has 2 aliphatic heterocycles. The van der Waals surface area contributed by atoms with Crippen LogP contribution in [0.5, 0.6) is 17.2 Å². The van der Waals surface area contributed by atoms with Gasteiger partial charge >= 0.3 is 11.9 Å². The second-order valence-corrected chi connectivity index (χ2v) is 11.1. The first-order valence-electron chi connectivity index (χ1n) is 14.0. The standard InChI is InChI=1S/C31H36N2O8/c1-37-24-11-16(12-25(38-2)29(24)39-3)30(35)41-23-13-17-15-33-10-9-19-18-7-5-6-8-21(18)32-27(19)22(33)14-20(17)26(28(23)34)31(36)40-4/h5-8,11-12,17,20,22-23,26,28,32,34H,9-10,13-15H2,1-4H3/t17-,20?,22-,23-,26+,28+/m1/s1. The van der Waals surface area contributed by atoms with Crippen LogP contribution in [0.3, 0.4) is 0 Å². The molecule has 0 amide bonds. The monoisotopic (exact) mass is 564 g/mol. The largest absolute Gasteiger partial charge is 0.493 e. The lowest BCUT2D eigenvalue weighted by molar-refractivity contribution is -0.172. The molecule has 3 aromatic rings. The molecule has 41 heavy (non-hydrogen) atoms. The molecule has 0 bridgehead atoms. The number of rotatable bonds is 6. The molecule has 0 spiro atoms. The number of aliphatic hydroxyl groups is 1. The summed E-state index contributed by atoms with van der Waals surface area (Å²) >= 11 is 0. The topological polar surface area (TPSA) is 120 Å². The Morgan fingerprint density at radius 3 is 2.41 bits per heavy atom. The Labute approximate surface area is 238 Å². The summed E-state index contributed by atoms with van der Waals surface area (Å²) < 4.78 is 27.2. The minimum atomic E-state index is -1.20. The summed E-state index contributed by atoms with van der Waals surface area (Å²) in [5, 5.41) is 12.7. The first kappa shape index (κ1) is 27.4. The van der Waals surface area contributed by atoms with E-state index in [4.69, 9.17) is 23.7 Å². The molecule has 0 radical (unpaired) electrons. The Hall–Kier alpha value is -3.76. The van der Waals surface area contributed by atoms with Crippen molar-refractivity contribution >= 4 is 22.8 Å². The number of methoxy groups -OCH3 is 4. The molecule has 1 saturated heterocycles. The van der Waals surface area contributed by atoms with Crippen molar-refractivity contribution in [1.29, 1.82) is 0 Å². The number of nitrogens with one attached hydrogen (secondary N) is 1. The number of hydrogen-bond acceptors (Lipinski definition) is 9. The van der Waals surface area contributed by atoms with Gasteiger partial charge in [0.2, 0.25) is 5.75 Å². The number of ether oxygens (including phenoxy) is 5. The molecule has 2 fully saturated rings. The molecule has 10 heteroatoms. The zero-order chi connectivity index (χ0) is 28.8. The van der Waals surface area contributed by atoms with Crippen molar-refractivity contribution in [2.75, 3.05) is 41.5 Å². The Bertz CT molecular complexity index is 1440. The van der Waals surface area contributed by atoms with Crippen LogP contribution in [0, 0.1) is 17.8 Å². The summed E-state index contributed by atoms with van der Waals surface area (Å²) in [4.78, 5) is 32.6. The maximum absolute atomic E-state index is 13.3. The van der Waals surface area contributed by atoms with Crippen molar-refractivity contribution in [1.82, 2.24) is 9.88 Å². The third kappa shape index (κ3) is 4.59. The highest BCUT2D eigenvalue weighted by Crippen LogP contribution is 2.50. The number of aromatic amines is 1. The van der Waals surface area contributed by atoms with Gasteiger partial charge in [-0.25, -0.2) is 4.79 Å². The van der Waals surface area contributed by atoms with Crippen molar-refractivity contribution in [2.24, 2.45) is 17.8 Å². The second-order valence-electron chi connectivity index (χ2n) is 11.1. The van der Waals surface area contributed by atoms with E-state index < -0.39 is 30.1 Å². The van der Waals surface area contributed by atoms with E-state index in [0.717, 1.165) is 25.0 Å². The Morgan fingerprint density at radius 2 is 1.73 bits per heavy atom. The van der Waals surface area contributed by atoms with Crippen LogP contribution in [0.4, 0.5) is 0 Å². The van der Waals surface area contributed by atoms with Gasteiger partial charge in [0.1, 0.15) is 12.2 Å². The molecular weight excluding hydrogens is 528 g/mol. The molecule has 1 saturated carbocycles. The van der Waals surface area contributed by atoms with Crippen LogP contribution in [-0.4, -0.2) is 80.7 Å². The van der Waals surface area contributed by atoms with Crippen LogP contribution < -0.4 is 14.2 Å². The quantitative estimate of drug-likeness (QED) is 0.434. The summed E-state index contributed by atoms with van der Waals surface area (Å²) in [6, 6.07) is 11.5. The number of H-pyrrole nitrogens is 1. The van der Waals surface area contributed by atoms with Gasteiger partial charge in [-0.15, -0.1) is 0 Å². The van der Waals surface area contributed by atoms with Gasteiger partial charge < -0.3 is 33.8 Å². The molecule has 6 rings (SSSR count). The molecule has 6 atom stereocenters. The van der Waals surface area contributed by atoms with Crippen LogP contribution >= 0.6 is 0 Å². The lowest BCUT2D eigenvalue weighted by Crippen LogP contribution is -2.58. The Balaban J connectivity index is 1.27. The summed E-state index contributed by atoms with van der Waals surface area (Å²) in [6.07, 6.45) is 0.00659. The number of nitrogens with zero attached hydrogens (tertiary/aromatic N) is 1. The minimum Gasteiger partial charge on any atom is -0.493 e. The third-order valence-electron chi connectivity index (χ3n) is 9.22. The fourth-order valence-electron chi connectivity index (χ4n) is 7.32. The van der Waals surface area contributed by atoms with Crippen molar-refractivity contribution in [3.8, 4) is 17.2 Å². The van der Waals surface area contributed by atoms with E-state index in [9.17, 15) is 14.7 Å². The predicted octanol–water partition coefficient (Wildman–Crippen LogP) is 3.51. The van der Waals surface area contributed by atoms with Gasteiger partial charge in [-0.3, -0.25) is 9.69 Å². The number of piperidine rings is 1. The number of aliphatic hydroxyl groups excluding tert-OH is 1. The number of carbonyl (C=O) groups excluding carboxylic acids is 2.